The van der Waals surface area contributed by atoms with E-state index in [-0.39, 0.29) is 47.2 Å². The minimum absolute atomic E-state index is 0.0117. The number of ether oxygens (including phenoxy) is 1. The maximum absolute atomic E-state index is 13.5. The van der Waals surface area contributed by atoms with Gasteiger partial charge in [-0.25, -0.2) is 31.6 Å². The molecule has 0 bridgehead atoms. The molecule has 3 aromatic rings. The van der Waals surface area contributed by atoms with E-state index in [1.54, 1.807) is 39.8 Å². The number of amides is 2. The van der Waals surface area contributed by atoms with Crippen LogP contribution in [0.4, 0.5) is 22.1 Å². The Morgan fingerprint density at radius 1 is 1.00 bits per heavy atom. The number of aryl methyl sites for hydroxylation is 1. The van der Waals surface area contributed by atoms with Crippen LogP contribution >= 0.6 is 0 Å². The fourth-order valence-corrected chi connectivity index (χ4v) is 6.69. The smallest absolute Gasteiger partial charge is 0.407 e. The third-order valence-electron chi connectivity index (χ3n) is 7.21. The molecule has 2 N–H and O–H groups in total. The number of anilines is 3. The van der Waals surface area contributed by atoms with Crippen LogP contribution in [-0.2, 0) is 31.3 Å². The monoisotopic (exact) mass is 698 g/mol. The number of nitrogens with zero attached hydrogens (tertiary/aromatic N) is 6. The highest BCUT2D eigenvalue weighted by Gasteiger charge is 2.30. The zero-order chi connectivity index (χ0) is 35.4. The van der Waals surface area contributed by atoms with Crippen molar-refractivity contribution in [1.29, 1.82) is 5.26 Å². The lowest BCUT2D eigenvalue weighted by atomic mass is 10.1. The Bertz CT molecular complexity index is 1950. The van der Waals surface area contributed by atoms with Gasteiger partial charge in [-0.05, 0) is 75.7 Å². The molecule has 2 aromatic carbocycles. The van der Waals surface area contributed by atoms with Crippen LogP contribution in [0, 0.1) is 18.3 Å². The van der Waals surface area contributed by atoms with E-state index in [0.29, 0.717) is 30.3 Å². The first-order valence-corrected chi connectivity index (χ1v) is 18.1. The second kappa shape index (κ2) is 14.1. The topological polar surface area (TPSA) is 195 Å². The summed E-state index contributed by atoms with van der Waals surface area (Å²) in [7, 11) is -6.28. The van der Waals surface area contributed by atoms with Gasteiger partial charge in [-0.1, -0.05) is 6.07 Å². The first-order chi connectivity index (χ1) is 22.4. The Balaban J connectivity index is 1.47. The van der Waals surface area contributed by atoms with Gasteiger partial charge in [-0.15, -0.1) is 0 Å². The molecule has 0 saturated carbocycles. The number of nitrogens with one attached hydrogen (secondary N) is 2. The predicted octanol–water partition coefficient (Wildman–Crippen LogP) is 2.84. The summed E-state index contributed by atoms with van der Waals surface area (Å²) in [5, 5.41) is 14.5. The molecule has 4 rings (SSSR count). The van der Waals surface area contributed by atoms with Gasteiger partial charge in [0.2, 0.25) is 26.0 Å². The van der Waals surface area contributed by atoms with Crippen LogP contribution in [0.3, 0.4) is 0 Å². The Morgan fingerprint density at radius 2 is 1.65 bits per heavy atom. The zero-order valence-electron chi connectivity index (χ0n) is 27.5. The van der Waals surface area contributed by atoms with Crippen LogP contribution < -0.4 is 19.8 Å². The Hall–Kier alpha value is -4.79. The molecule has 1 fully saturated rings. The van der Waals surface area contributed by atoms with E-state index in [0.717, 1.165) is 10.6 Å². The van der Waals surface area contributed by atoms with Crippen molar-refractivity contribution in [3.63, 3.8) is 0 Å². The van der Waals surface area contributed by atoms with E-state index in [9.17, 15) is 31.7 Å². The van der Waals surface area contributed by atoms with Gasteiger partial charge in [0, 0.05) is 51.2 Å². The van der Waals surface area contributed by atoms with Crippen LogP contribution in [0.5, 0.6) is 0 Å². The van der Waals surface area contributed by atoms with Crippen molar-refractivity contribution in [3.8, 4) is 6.07 Å². The number of hydrogen-bond acceptors (Lipinski definition) is 11. The molecule has 0 radical (unpaired) electrons. The van der Waals surface area contributed by atoms with Crippen LogP contribution in [0.1, 0.15) is 48.1 Å². The molecule has 1 aliphatic heterocycles. The number of sulfonamides is 2. The second-order valence-electron chi connectivity index (χ2n) is 12.1. The van der Waals surface area contributed by atoms with Crippen molar-refractivity contribution in [1.82, 2.24) is 19.6 Å². The summed E-state index contributed by atoms with van der Waals surface area (Å²) in [5.41, 5.74) is 1.08. The predicted molar refractivity (Wildman–Crippen MR) is 180 cm³/mol. The molecule has 256 valence electrons. The molecule has 2 heterocycles. The van der Waals surface area contributed by atoms with Gasteiger partial charge in [0.15, 0.2) is 0 Å². The van der Waals surface area contributed by atoms with Gasteiger partial charge < -0.3 is 20.3 Å². The summed E-state index contributed by atoms with van der Waals surface area (Å²) in [4.78, 5) is 36.1. The van der Waals surface area contributed by atoms with Crippen LogP contribution in [-0.4, -0.2) is 88.2 Å². The summed E-state index contributed by atoms with van der Waals surface area (Å²) in [6.45, 7) is 7.96. The lowest BCUT2D eigenvalue weighted by Crippen LogP contribution is -2.49. The van der Waals surface area contributed by atoms with Crippen molar-refractivity contribution in [2.75, 3.05) is 54.0 Å². The van der Waals surface area contributed by atoms with E-state index in [2.05, 4.69) is 20.6 Å². The normalized spacial score (nSPS) is 14.1. The molecule has 0 atom stereocenters. The minimum atomic E-state index is -3.87. The molecule has 1 saturated heterocycles. The quantitative estimate of drug-likeness (QED) is 0.334. The lowest BCUT2D eigenvalue weighted by molar-refractivity contribution is 0.0523. The van der Waals surface area contributed by atoms with Crippen molar-refractivity contribution in [2.45, 2.75) is 44.7 Å². The van der Waals surface area contributed by atoms with Crippen molar-refractivity contribution < 1.29 is 31.2 Å². The van der Waals surface area contributed by atoms with Gasteiger partial charge >= 0.3 is 6.09 Å². The molecule has 48 heavy (non-hydrogen) atoms. The second-order valence-corrected chi connectivity index (χ2v) is 16.1. The van der Waals surface area contributed by atoms with E-state index < -0.39 is 37.6 Å². The fraction of sp³-hybridized carbons (Fsp3) is 0.387. The summed E-state index contributed by atoms with van der Waals surface area (Å²) < 4.78 is 59.1. The number of carbonyl (C=O) groups excluding carboxylic acids is 2. The van der Waals surface area contributed by atoms with Crippen molar-refractivity contribution in [3.05, 3.63) is 71.0 Å². The maximum atomic E-state index is 13.5. The highest BCUT2D eigenvalue weighted by Crippen LogP contribution is 2.26. The number of alkyl carbamates (subject to hydrolysis) is 1. The average Bonchev–Trinajstić information content (AvgIpc) is 3.02. The number of carbonyl (C=O) groups is 2. The van der Waals surface area contributed by atoms with Crippen LogP contribution in [0.15, 0.2) is 53.4 Å². The lowest BCUT2D eigenvalue weighted by Gasteiger charge is -2.34. The number of aromatic nitrogens is 2. The molecule has 0 aliphatic carbocycles. The fourth-order valence-electron chi connectivity index (χ4n) is 4.75. The molecule has 0 unspecified atom stereocenters. The first kappa shape index (κ1) is 36.1. The zero-order valence-corrected chi connectivity index (χ0v) is 29.1. The molecule has 1 aliphatic rings. The first-order valence-electron chi connectivity index (χ1n) is 14.8. The maximum Gasteiger partial charge on any atom is 0.407 e. The van der Waals surface area contributed by atoms with Crippen LogP contribution in [0.25, 0.3) is 0 Å². The molecule has 15 nitrogen and oxygen atoms in total. The standard InChI is InChI=1S/C31H38N8O7S2/c1-21-17-24(19-32)36-29(34-21)38-13-15-39(16-14-38)48(44,45)25-10-8-23(9-11-25)35-28(40)26-18-22(20-33-30(41)46-31(2,3)4)7-12-27(26)37(5)47(6,42)43/h7-12,17-18H,13-16,20H2,1-6H3,(H,33,41)(H,35,40). The van der Waals surface area contributed by atoms with Gasteiger partial charge in [0.25, 0.3) is 5.91 Å². The summed E-state index contributed by atoms with van der Waals surface area (Å²) in [6.07, 6.45) is 0.351. The molecule has 17 heteroatoms. The third-order valence-corrected chi connectivity index (χ3v) is 10.3. The molecule has 0 spiro atoms. The van der Waals surface area contributed by atoms with Crippen molar-refractivity contribution in [2.24, 2.45) is 0 Å². The number of nitriles is 1. The molecule has 2 amide bonds. The number of piperazine rings is 1. The number of rotatable bonds is 9. The highest BCUT2D eigenvalue weighted by atomic mass is 32.2. The van der Waals surface area contributed by atoms with Gasteiger partial charge in [0.1, 0.15) is 17.4 Å². The van der Waals surface area contributed by atoms with E-state index >= 15 is 0 Å². The van der Waals surface area contributed by atoms with E-state index in [1.165, 1.54) is 47.8 Å². The summed E-state index contributed by atoms with van der Waals surface area (Å²) in [5.74, 6) is -0.274. The SMILES string of the molecule is Cc1cc(C#N)nc(N2CCN(S(=O)(=O)c3ccc(NC(=O)c4cc(CNC(=O)OC(C)(C)C)ccc4N(C)S(C)(=O)=O)cc3)CC2)n1. The van der Waals surface area contributed by atoms with Gasteiger partial charge in [-0.2, -0.15) is 9.57 Å². The summed E-state index contributed by atoms with van der Waals surface area (Å²) >= 11 is 0. The highest BCUT2D eigenvalue weighted by molar-refractivity contribution is 7.92. The largest absolute Gasteiger partial charge is 0.444 e. The Morgan fingerprint density at radius 3 is 2.23 bits per heavy atom. The Labute approximate surface area is 280 Å². The van der Waals surface area contributed by atoms with Gasteiger partial charge in [0.05, 0.1) is 22.4 Å². The molecular formula is C31H38N8O7S2. The Kier molecular flexibility index (Phi) is 10.6. The van der Waals surface area contributed by atoms with E-state index in [4.69, 9.17) is 4.74 Å². The van der Waals surface area contributed by atoms with Gasteiger partial charge in [-0.3, -0.25) is 9.10 Å². The average molecular weight is 699 g/mol. The number of hydrogen-bond donors (Lipinski definition) is 2. The summed E-state index contributed by atoms with van der Waals surface area (Å²) in [6, 6.07) is 13.7. The van der Waals surface area contributed by atoms with E-state index in [1.807, 2.05) is 11.0 Å². The number of benzene rings is 2. The minimum Gasteiger partial charge on any atom is -0.444 e. The molecular weight excluding hydrogens is 661 g/mol. The van der Waals surface area contributed by atoms with Crippen molar-refractivity contribution >= 4 is 49.4 Å². The third kappa shape index (κ3) is 8.97. The van der Waals surface area contributed by atoms with Crippen LogP contribution in [0.2, 0.25) is 0 Å². The molecule has 1 aromatic heterocycles.